The molecule has 0 atom stereocenters. The number of amides is 1. The molecule has 144 valence electrons. The predicted molar refractivity (Wildman–Crippen MR) is 92.1 cm³/mol. The number of benzene rings is 2. The number of halogens is 2. The Bertz CT molecular complexity index is 1050. The fraction of sp³-hybridized carbons (Fsp3) is 0.0556. The maximum atomic E-state index is 13.5. The first-order valence-electron chi connectivity index (χ1n) is 7.79. The quantitative estimate of drug-likeness (QED) is 0.373. The van der Waals surface area contributed by atoms with Crippen molar-refractivity contribution in [2.45, 2.75) is 6.61 Å². The second-order valence-electron chi connectivity index (χ2n) is 5.54. The van der Waals surface area contributed by atoms with Crippen molar-refractivity contribution in [1.82, 2.24) is 0 Å². The average Bonchev–Trinajstić information content (AvgIpc) is 3.12. The number of nitro benzene ring substituents is 1. The van der Waals surface area contributed by atoms with Crippen LogP contribution in [0.1, 0.15) is 16.3 Å². The van der Waals surface area contributed by atoms with Gasteiger partial charge >= 0.3 is 0 Å². The van der Waals surface area contributed by atoms with Crippen molar-refractivity contribution in [2.24, 2.45) is 0 Å². The number of carbonyl (C=O) groups is 1. The van der Waals surface area contributed by atoms with Crippen LogP contribution in [-0.4, -0.2) is 15.9 Å². The number of rotatable bonds is 6. The lowest BCUT2D eigenvalue weighted by Gasteiger charge is -2.06. The number of nitrogens with one attached hydrogen (secondary N) is 1. The van der Waals surface area contributed by atoms with Crippen LogP contribution < -0.4 is 10.1 Å². The van der Waals surface area contributed by atoms with Gasteiger partial charge in [0.1, 0.15) is 23.9 Å². The maximum Gasteiger partial charge on any atom is 0.291 e. The molecule has 2 aromatic carbocycles. The van der Waals surface area contributed by atoms with Crippen molar-refractivity contribution in [3.8, 4) is 11.5 Å². The van der Waals surface area contributed by atoms with Gasteiger partial charge in [0.25, 0.3) is 11.6 Å². The van der Waals surface area contributed by atoms with E-state index < -0.39 is 22.5 Å². The lowest BCUT2D eigenvalue weighted by atomic mass is 10.2. The summed E-state index contributed by atoms with van der Waals surface area (Å²) in [5.74, 6) is -2.93. The number of hydrogen-bond donors (Lipinski definition) is 2. The van der Waals surface area contributed by atoms with Crippen molar-refractivity contribution in [2.75, 3.05) is 5.32 Å². The fourth-order valence-corrected chi connectivity index (χ4v) is 2.24. The number of phenolic OH excluding ortho intramolecular Hbond substituents is 1. The highest BCUT2D eigenvalue weighted by Crippen LogP contribution is 2.28. The molecule has 0 aliphatic rings. The summed E-state index contributed by atoms with van der Waals surface area (Å²) in [5.41, 5.74) is -0.482. The molecule has 3 aromatic rings. The molecule has 0 fully saturated rings. The molecule has 0 aliphatic carbocycles. The number of ether oxygens (including phenoxy) is 1. The van der Waals surface area contributed by atoms with Gasteiger partial charge in [-0.2, -0.15) is 0 Å². The van der Waals surface area contributed by atoms with Crippen molar-refractivity contribution in [1.29, 1.82) is 0 Å². The Hall–Kier alpha value is -3.95. The van der Waals surface area contributed by atoms with Crippen LogP contribution in [-0.2, 0) is 6.61 Å². The summed E-state index contributed by atoms with van der Waals surface area (Å²) in [7, 11) is 0. The largest absolute Gasteiger partial charge is 0.506 e. The number of phenols is 1. The van der Waals surface area contributed by atoms with Gasteiger partial charge in [-0.05, 0) is 30.3 Å². The van der Waals surface area contributed by atoms with Gasteiger partial charge in [-0.25, -0.2) is 8.78 Å². The molecule has 1 aromatic heterocycles. The number of non-ortho nitro benzene ring substituents is 1. The topological polar surface area (TPSA) is 115 Å². The third-order valence-electron chi connectivity index (χ3n) is 3.59. The molecule has 8 nitrogen and oxygen atoms in total. The molecule has 0 aliphatic heterocycles. The molecule has 1 amide bonds. The molecule has 10 heteroatoms. The van der Waals surface area contributed by atoms with Crippen LogP contribution in [0.2, 0.25) is 0 Å². The Balaban J connectivity index is 1.67. The molecular weight excluding hydrogens is 378 g/mol. The van der Waals surface area contributed by atoms with Crippen LogP contribution in [0, 0.1) is 21.7 Å². The van der Waals surface area contributed by atoms with Crippen molar-refractivity contribution >= 4 is 17.3 Å². The molecule has 3 rings (SSSR count). The maximum absolute atomic E-state index is 13.5. The number of aromatic hydroxyl groups is 1. The lowest BCUT2D eigenvalue weighted by Crippen LogP contribution is -2.11. The van der Waals surface area contributed by atoms with Crippen LogP contribution >= 0.6 is 0 Å². The number of hydrogen-bond acceptors (Lipinski definition) is 6. The Morgan fingerprint density at radius 1 is 1.18 bits per heavy atom. The van der Waals surface area contributed by atoms with E-state index in [1.165, 1.54) is 12.1 Å². The molecule has 28 heavy (non-hydrogen) atoms. The van der Waals surface area contributed by atoms with Gasteiger partial charge in [-0.15, -0.1) is 0 Å². The molecule has 2 N–H and O–H groups in total. The average molecular weight is 390 g/mol. The summed E-state index contributed by atoms with van der Waals surface area (Å²) in [6.07, 6.45) is 0. The van der Waals surface area contributed by atoms with E-state index in [4.69, 9.17) is 9.15 Å². The zero-order valence-electron chi connectivity index (χ0n) is 14.0. The van der Waals surface area contributed by atoms with E-state index in [0.29, 0.717) is 6.07 Å². The molecule has 0 saturated carbocycles. The van der Waals surface area contributed by atoms with Gasteiger partial charge in [0.15, 0.2) is 17.3 Å². The summed E-state index contributed by atoms with van der Waals surface area (Å²) >= 11 is 0. The van der Waals surface area contributed by atoms with Crippen LogP contribution in [0.5, 0.6) is 11.5 Å². The number of anilines is 1. The fourth-order valence-electron chi connectivity index (χ4n) is 2.24. The van der Waals surface area contributed by atoms with E-state index in [-0.39, 0.29) is 41.0 Å². The predicted octanol–water partition coefficient (Wildman–Crippen LogP) is 4.00. The Morgan fingerprint density at radius 2 is 1.96 bits per heavy atom. The van der Waals surface area contributed by atoms with E-state index in [1.807, 2.05) is 0 Å². The second-order valence-corrected chi connectivity index (χ2v) is 5.54. The highest BCUT2D eigenvalue weighted by Gasteiger charge is 2.17. The van der Waals surface area contributed by atoms with Crippen molar-refractivity contribution in [3.05, 3.63) is 81.8 Å². The van der Waals surface area contributed by atoms with Crippen LogP contribution in [0.25, 0.3) is 0 Å². The first-order chi connectivity index (χ1) is 13.3. The molecule has 0 unspecified atom stereocenters. The second kappa shape index (κ2) is 7.74. The summed E-state index contributed by atoms with van der Waals surface area (Å²) in [5, 5.41) is 22.8. The van der Waals surface area contributed by atoms with Crippen molar-refractivity contribution < 1.29 is 32.8 Å². The molecule has 0 saturated heterocycles. The SMILES string of the molecule is O=C(Nc1cc([N+](=O)[O-])ccc1O)c1ccc(COc2ccc(F)cc2F)o1. The minimum absolute atomic E-state index is 0.163. The van der Waals surface area contributed by atoms with Gasteiger partial charge in [-0.1, -0.05) is 0 Å². The van der Waals surface area contributed by atoms with Crippen LogP contribution in [0.15, 0.2) is 52.9 Å². The zero-order valence-corrected chi connectivity index (χ0v) is 14.0. The highest BCUT2D eigenvalue weighted by molar-refractivity contribution is 6.03. The van der Waals surface area contributed by atoms with E-state index in [9.17, 15) is 28.8 Å². The molecule has 0 spiro atoms. The number of nitrogens with zero attached hydrogens (tertiary/aromatic N) is 1. The van der Waals surface area contributed by atoms with Gasteiger partial charge in [0.05, 0.1) is 10.6 Å². The molecule has 0 bridgehead atoms. The lowest BCUT2D eigenvalue weighted by molar-refractivity contribution is -0.384. The van der Waals surface area contributed by atoms with E-state index in [1.54, 1.807) is 0 Å². The van der Waals surface area contributed by atoms with Gasteiger partial charge in [-0.3, -0.25) is 14.9 Å². The minimum atomic E-state index is -0.884. The van der Waals surface area contributed by atoms with E-state index in [0.717, 1.165) is 30.3 Å². The van der Waals surface area contributed by atoms with Crippen LogP contribution in [0.3, 0.4) is 0 Å². The first kappa shape index (κ1) is 18.8. The standard InChI is InChI=1S/C18H12F2N2O6/c19-10-1-5-16(13(20)7-10)27-9-12-3-6-17(28-12)18(24)21-14-8-11(22(25)26)2-4-15(14)23/h1-8,23H,9H2,(H,21,24). The number of carbonyl (C=O) groups excluding carboxylic acids is 1. The monoisotopic (exact) mass is 390 g/mol. The molecule has 1 heterocycles. The zero-order chi connectivity index (χ0) is 20.3. The normalized spacial score (nSPS) is 10.5. The Morgan fingerprint density at radius 3 is 2.68 bits per heavy atom. The van der Waals surface area contributed by atoms with E-state index >= 15 is 0 Å². The van der Waals surface area contributed by atoms with Gasteiger partial charge in [0.2, 0.25) is 0 Å². The Labute approximate surface area is 156 Å². The third-order valence-corrected chi connectivity index (χ3v) is 3.59. The van der Waals surface area contributed by atoms with E-state index in [2.05, 4.69) is 5.32 Å². The third kappa shape index (κ3) is 4.23. The Kier molecular flexibility index (Phi) is 5.21. The highest BCUT2D eigenvalue weighted by atomic mass is 19.1. The summed E-state index contributed by atoms with van der Waals surface area (Å²) in [4.78, 5) is 22.3. The number of furan rings is 1. The van der Waals surface area contributed by atoms with Crippen LogP contribution in [0.4, 0.5) is 20.2 Å². The minimum Gasteiger partial charge on any atom is -0.506 e. The smallest absolute Gasteiger partial charge is 0.291 e. The first-order valence-corrected chi connectivity index (χ1v) is 7.79. The molecular formula is C18H12F2N2O6. The number of nitro groups is 1. The molecule has 0 radical (unpaired) electrons. The van der Waals surface area contributed by atoms with Gasteiger partial charge < -0.3 is 19.6 Å². The van der Waals surface area contributed by atoms with Crippen molar-refractivity contribution in [3.63, 3.8) is 0 Å². The summed E-state index contributed by atoms with van der Waals surface area (Å²) in [6, 6.07) is 8.69. The summed E-state index contributed by atoms with van der Waals surface area (Å²) in [6.45, 7) is -0.224. The van der Waals surface area contributed by atoms with Gasteiger partial charge in [0, 0.05) is 18.2 Å². The summed E-state index contributed by atoms with van der Waals surface area (Å²) < 4.78 is 36.8.